The summed E-state index contributed by atoms with van der Waals surface area (Å²) in [7, 11) is 1.95. The van der Waals surface area contributed by atoms with Crippen LogP contribution in [0, 0.1) is 5.92 Å². The van der Waals surface area contributed by atoms with Gasteiger partial charge in [-0.15, -0.1) is 12.4 Å². The topological polar surface area (TPSA) is 73.5 Å². The summed E-state index contributed by atoms with van der Waals surface area (Å²) < 4.78 is 0. The Bertz CT molecular complexity index is 561. The molecular weight excluding hydrogens is 340 g/mol. The first-order chi connectivity index (χ1) is 11.5. The molecule has 1 aromatic rings. The average molecular weight is 369 g/mol. The number of nitrogens with zero attached hydrogens (tertiary/aromatic N) is 1. The minimum atomic E-state index is -0.241. The van der Waals surface area contributed by atoms with Gasteiger partial charge in [-0.3, -0.25) is 4.79 Å². The van der Waals surface area contributed by atoms with Crippen molar-refractivity contribution in [3.05, 3.63) is 29.8 Å². The van der Waals surface area contributed by atoms with E-state index < -0.39 is 0 Å². The molecule has 1 atom stereocenters. The number of carbonyl (C=O) groups is 2. The Balaban J connectivity index is 0.00000312. The highest BCUT2D eigenvalue weighted by atomic mass is 35.5. The molecule has 1 aliphatic heterocycles. The molecule has 1 saturated heterocycles. The zero-order valence-electron chi connectivity index (χ0n) is 15.2. The fraction of sp³-hybridized carbons (Fsp3) is 0.556. The number of benzene rings is 1. The highest BCUT2D eigenvalue weighted by molar-refractivity contribution is 5.95. The standard InChI is InChI=1S/C18H28N4O2.ClH/c1-13(2)20-18(24)21-16-8-6-15(7-9-16)17(23)22-10-4-5-14(12-22)11-19-3;/h6-9,13-14,19H,4-5,10-12H2,1-3H3,(H2,20,21,24);1H. The van der Waals surface area contributed by atoms with E-state index in [0.29, 0.717) is 17.2 Å². The monoisotopic (exact) mass is 368 g/mol. The van der Waals surface area contributed by atoms with Gasteiger partial charge in [-0.1, -0.05) is 0 Å². The van der Waals surface area contributed by atoms with E-state index in [2.05, 4.69) is 16.0 Å². The highest BCUT2D eigenvalue weighted by Crippen LogP contribution is 2.19. The quantitative estimate of drug-likeness (QED) is 0.748. The van der Waals surface area contributed by atoms with Crippen molar-refractivity contribution in [2.45, 2.75) is 32.7 Å². The minimum absolute atomic E-state index is 0. The molecule has 6 nitrogen and oxygen atoms in total. The van der Waals surface area contributed by atoms with E-state index in [9.17, 15) is 9.59 Å². The fourth-order valence-electron chi connectivity index (χ4n) is 3.01. The highest BCUT2D eigenvalue weighted by Gasteiger charge is 2.24. The van der Waals surface area contributed by atoms with Gasteiger partial charge in [0.05, 0.1) is 0 Å². The first-order valence-corrected chi connectivity index (χ1v) is 8.61. The van der Waals surface area contributed by atoms with E-state index in [0.717, 1.165) is 26.1 Å². The molecule has 7 heteroatoms. The second-order valence-corrected chi connectivity index (χ2v) is 6.65. The maximum Gasteiger partial charge on any atom is 0.319 e. The molecule has 2 rings (SSSR count). The Hall–Kier alpha value is -1.79. The van der Waals surface area contributed by atoms with Crippen molar-refractivity contribution in [2.24, 2.45) is 5.92 Å². The van der Waals surface area contributed by atoms with Crippen LogP contribution in [0.4, 0.5) is 10.5 Å². The lowest BCUT2D eigenvalue weighted by Crippen LogP contribution is -2.42. The van der Waals surface area contributed by atoms with E-state index in [-0.39, 0.29) is 30.4 Å². The Kier molecular flexibility index (Phi) is 8.72. The number of halogens is 1. The molecule has 25 heavy (non-hydrogen) atoms. The third-order valence-electron chi connectivity index (χ3n) is 4.11. The van der Waals surface area contributed by atoms with Crippen LogP contribution in [0.2, 0.25) is 0 Å². The number of rotatable bonds is 5. The van der Waals surface area contributed by atoms with Gasteiger partial charge in [0.25, 0.3) is 5.91 Å². The number of hydrogen-bond donors (Lipinski definition) is 3. The van der Waals surface area contributed by atoms with Gasteiger partial charge in [-0.25, -0.2) is 4.79 Å². The molecule has 1 aromatic carbocycles. The summed E-state index contributed by atoms with van der Waals surface area (Å²) >= 11 is 0. The lowest BCUT2D eigenvalue weighted by atomic mass is 9.97. The normalized spacial score (nSPS) is 17.0. The summed E-state index contributed by atoms with van der Waals surface area (Å²) in [6.45, 7) is 6.37. The average Bonchev–Trinajstić information content (AvgIpc) is 2.55. The zero-order chi connectivity index (χ0) is 17.5. The lowest BCUT2D eigenvalue weighted by Gasteiger charge is -2.32. The Labute approximate surface area is 156 Å². The molecule has 3 amide bonds. The zero-order valence-corrected chi connectivity index (χ0v) is 16.0. The largest absolute Gasteiger partial charge is 0.338 e. The molecular formula is C18H29ClN4O2. The van der Waals surface area contributed by atoms with Gasteiger partial charge in [0.15, 0.2) is 0 Å². The minimum Gasteiger partial charge on any atom is -0.338 e. The van der Waals surface area contributed by atoms with Gasteiger partial charge in [-0.2, -0.15) is 0 Å². The summed E-state index contributed by atoms with van der Waals surface area (Å²) in [5.41, 5.74) is 1.34. The first kappa shape index (κ1) is 21.3. The number of nitrogens with one attached hydrogen (secondary N) is 3. The smallest absolute Gasteiger partial charge is 0.319 e. The van der Waals surface area contributed by atoms with Crippen molar-refractivity contribution >= 4 is 30.0 Å². The van der Waals surface area contributed by atoms with Crippen LogP contribution in [-0.2, 0) is 0 Å². The maximum atomic E-state index is 12.6. The maximum absolute atomic E-state index is 12.6. The number of piperidine rings is 1. The fourth-order valence-corrected chi connectivity index (χ4v) is 3.01. The molecule has 0 bridgehead atoms. The molecule has 3 N–H and O–H groups in total. The first-order valence-electron chi connectivity index (χ1n) is 8.61. The van der Waals surface area contributed by atoms with Crippen LogP contribution >= 0.6 is 12.4 Å². The third-order valence-corrected chi connectivity index (χ3v) is 4.11. The Morgan fingerprint density at radius 3 is 2.52 bits per heavy atom. The predicted molar refractivity (Wildman–Crippen MR) is 104 cm³/mol. The third kappa shape index (κ3) is 6.55. The molecule has 0 aromatic heterocycles. The molecule has 0 saturated carbocycles. The van der Waals surface area contributed by atoms with Crippen molar-refractivity contribution in [2.75, 3.05) is 32.0 Å². The summed E-state index contributed by atoms with van der Waals surface area (Å²) in [5, 5.41) is 8.72. The van der Waals surface area contributed by atoms with Crippen LogP contribution in [0.3, 0.4) is 0 Å². The molecule has 0 spiro atoms. The van der Waals surface area contributed by atoms with Crippen molar-refractivity contribution in [3.8, 4) is 0 Å². The van der Waals surface area contributed by atoms with Crippen LogP contribution in [-0.4, -0.2) is 49.6 Å². The van der Waals surface area contributed by atoms with Crippen LogP contribution < -0.4 is 16.0 Å². The summed E-state index contributed by atoms with van der Waals surface area (Å²) in [5.74, 6) is 0.586. The van der Waals surface area contributed by atoms with Crippen LogP contribution in [0.1, 0.15) is 37.0 Å². The Morgan fingerprint density at radius 1 is 1.24 bits per heavy atom. The number of hydrogen-bond acceptors (Lipinski definition) is 3. The van der Waals surface area contributed by atoms with Gasteiger partial charge in [0.2, 0.25) is 0 Å². The molecule has 1 unspecified atom stereocenters. The van der Waals surface area contributed by atoms with E-state index >= 15 is 0 Å². The van der Waals surface area contributed by atoms with Crippen LogP contribution in [0.15, 0.2) is 24.3 Å². The predicted octanol–water partition coefficient (Wildman–Crippen LogP) is 2.71. The van der Waals surface area contributed by atoms with E-state index in [1.54, 1.807) is 24.3 Å². The second-order valence-electron chi connectivity index (χ2n) is 6.65. The number of carbonyl (C=O) groups excluding carboxylic acids is 2. The number of anilines is 1. The van der Waals surface area contributed by atoms with Crippen molar-refractivity contribution < 1.29 is 9.59 Å². The van der Waals surface area contributed by atoms with E-state index in [4.69, 9.17) is 0 Å². The summed E-state index contributed by atoms with van der Waals surface area (Å²) in [4.78, 5) is 26.2. The van der Waals surface area contributed by atoms with Crippen LogP contribution in [0.25, 0.3) is 0 Å². The van der Waals surface area contributed by atoms with Crippen LogP contribution in [0.5, 0.6) is 0 Å². The molecule has 0 radical (unpaired) electrons. The van der Waals surface area contributed by atoms with Crippen molar-refractivity contribution in [1.82, 2.24) is 15.5 Å². The Morgan fingerprint density at radius 2 is 1.92 bits per heavy atom. The van der Waals surface area contributed by atoms with Gasteiger partial charge in [0.1, 0.15) is 0 Å². The van der Waals surface area contributed by atoms with Gasteiger partial charge < -0.3 is 20.9 Å². The summed E-state index contributed by atoms with van der Waals surface area (Å²) in [6.07, 6.45) is 2.21. The lowest BCUT2D eigenvalue weighted by molar-refractivity contribution is 0.0674. The van der Waals surface area contributed by atoms with Crippen molar-refractivity contribution in [1.29, 1.82) is 0 Å². The van der Waals surface area contributed by atoms with Gasteiger partial charge in [0, 0.05) is 30.4 Å². The molecule has 1 fully saturated rings. The van der Waals surface area contributed by atoms with E-state index in [1.165, 1.54) is 6.42 Å². The summed E-state index contributed by atoms with van der Waals surface area (Å²) in [6, 6.07) is 6.92. The van der Waals surface area contributed by atoms with Crippen molar-refractivity contribution in [3.63, 3.8) is 0 Å². The van der Waals surface area contributed by atoms with Gasteiger partial charge >= 0.3 is 6.03 Å². The second kappa shape index (κ2) is 10.3. The van der Waals surface area contributed by atoms with Gasteiger partial charge in [-0.05, 0) is 70.5 Å². The molecule has 1 aliphatic rings. The molecule has 140 valence electrons. The number of amides is 3. The number of likely N-dealkylation sites (tertiary alicyclic amines) is 1. The number of urea groups is 1. The molecule has 1 heterocycles. The van der Waals surface area contributed by atoms with E-state index in [1.807, 2.05) is 25.8 Å². The SMILES string of the molecule is CNCC1CCCN(C(=O)c2ccc(NC(=O)NC(C)C)cc2)C1.Cl. The molecule has 0 aliphatic carbocycles.